The number of aromatic nitrogens is 3. The predicted molar refractivity (Wildman–Crippen MR) is 117 cm³/mol. The van der Waals surface area contributed by atoms with Gasteiger partial charge in [-0.2, -0.15) is 9.49 Å². The van der Waals surface area contributed by atoms with Crippen molar-refractivity contribution in [3.8, 4) is 33.8 Å². The number of hydrogen-bond acceptors (Lipinski definition) is 6. The molecular weight excluding hydrogens is 428 g/mol. The minimum Gasteiger partial charge on any atom is -0.462 e. The number of aliphatic imine (C=N–C) groups is 1. The first-order valence-electron chi connectivity index (χ1n) is 10.2. The highest BCUT2D eigenvalue weighted by Gasteiger charge is 2.47. The van der Waals surface area contributed by atoms with Gasteiger partial charge in [0.25, 0.3) is 6.02 Å². The maximum Gasteiger partial charge on any atom is 0.283 e. The molecule has 0 saturated carbocycles. The fourth-order valence-electron chi connectivity index (χ4n) is 4.43. The number of ether oxygens (including phenoxy) is 2. The highest BCUT2D eigenvalue weighted by molar-refractivity contribution is 5.79. The number of benzene rings is 2. The van der Waals surface area contributed by atoms with Gasteiger partial charge in [0.15, 0.2) is 5.54 Å². The van der Waals surface area contributed by atoms with Crippen molar-refractivity contribution in [1.29, 1.82) is 0 Å². The maximum absolute atomic E-state index is 15.1. The van der Waals surface area contributed by atoms with Crippen molar-refractivity contribution in [3.63, 3.8) is 0 Å². The molecule has 1 spiro atoms. The lowest BCUT2D eigenvalue weighted by atomic mass is 9.79. The van der Waals surface area contributed by atoms with Gasteiger partial charge in [-0.3, -0.25) is 4.68 Å². The number of pyridine rings is 1. The van der Waals surface area contributed by atoms with Crippen LogP contribution in [-0.2, 0) is 17.3 Å². The van der Waals surface area contributed by atoms with Gasteiger partial charge in [0.05, 0.1) is 6.20 Å². The van der Waals surface area contributed by atoms with Gasteiger partial charge in [0.2, 0.25) is 5.95 Å². The summed E-state index contributed by atoms with van der Waals surface area (Å²) in [6.45, 7) is 0.0965. The normalized spacial score (nSPS) is 18.3. The van der Waals surface area contributed by atoms with Crippen molar-refractivity contribution in [1.82, 2.24) is 14.8 Å². The van der Waals surface area contributed by atoms with E-state index in [0.717, 1.165) is 0 Å². The first-order chi connectivity index (χ1) is 15.9. The molecule has 0 saturated heterocycles. The second-order valence-corrected chi connectivity index (χ2v) is 7.98. The average molecular weight is 445 g/mol. The molecule has 9 heteroatoms. The number of rotatable bonds is 2. The first-order valence-corrected chi connectivity index (χ1v) is 10.2. The molecule has 6 rings (SSSR count). The Kier molecular flexibility index (Phi) is 4.04. The highest BCUT2D eigenvalue weighted by atomic mass is 19.1. The largest absolute Gasteiger partial charge is 0.462 e. The van der Waals surface area contributed by atoms with E-state index in [2.05, 4.69) is 15.1 Å². The third-order valence-corrected chi connectivity index (χ3v) is 5.98. The van der Waals surface area contributed by atoms with E-state index in [9.17, 15) is 4.39 Å². The van der Waals surface area contributed by atoms with Gasteiger partial charge in [-0.05, 0) is 35.9 Å². The molecule has 4 heterocycles. The van der Waals surface area contributed by atoms with Crippen LogP contribution in [-0.4, -0.2) is 27.4 Å². The van der Waals surface area contributed by atoms with Gasteiger partial charge in [-0.15, -0.1) is 0 Å². The number of fused-ring (bicyclic) bond motifs is 4. The molecule has 0 amide bonds. The Bertz CT molecular complexity index is 1470. The molecule has 2 aliphatic heterocycles. The number of aryl methyl sites for hydroxylation is 1. The summed E-state index contributed by atoms with van der Waals surface area (Å²) >= 11 is 0. The van der Waals surface area contributed by atoms with Crippen LogP contribution in [0.25, 0.3) is 22.3 Å². The third kappa shape index (κ3) is 2.89. The van der Waals surface area contributed by atoms with Crippen molar-refractivity contribution < 1.29 is 18.3 Å². The van der Waals surface area contributed by atoms with Crippen LogP contribution < -0.4 is 10.5 Å². The van der Waals surface area contributed by atoms with Crippen LogP contribution in [0, 0.1) is 11.8 Å². The molecule has 1 atom stereocenters. The summed E-state index contributed by atoms with van der Waals surface area (Å²) in [5.41, 5.74) is 8.00. The summed E-state index contributed by atoms with van der Waals surface area (Å²) in [6, 6.07) is 11.6. The molecule has 164 valence electrons. The SMILES string of the molecule is Cn1cc(-c2cc3c(cc2F)Oc2ccc(-c4cccnc4F)cc2[C@@]32COC(N)=N2)cn1. The molecule has 2 aliphatic rings. The van der Waals surface area contributed by atoms with Crippen LogP contribution in [0.2, 0.25) is 0 Å². The van der Waals surface area contributed by atoms with E-state index in [1.165, 1.54) is 12.3 Å². The minimum absolute atomic E-state index is 0.0130. The van der Waals surface area contributed by atoms with E-state index < -0.39 is 17.3 Å². The van der Waals surface area contributed by atoms with Crippen LogP contribution in [0.1, 0.15) is 11.1 Å². The minimum atomic E-state index is -1.08. The van der Waals surface area contributed by atoms with Crippen LogP contribution >= 0.6 is 0 Å². The summed E-state index contributed by atoms with van der Waals surface area (Å²) in [5.74, 6) is -0.262. The Morgan fingerprint density at radius 1 is 1.03 bits per heavy atom. The number of nitrogens with zero attached hydrogens (tertiary/aromatic N) is 4. The second-order valence-electron chi connectivity index (χ2n) is 7.98. The van der Waals surface area contributed by atoms with Crippen molar-refractivity contribution in [2.75, 3.05) is 6.61 Å². The fraction of sp³-hybridized carbons (Fsp3) is 0.125. The van der Waals surface area contributed by atoms with Gasteiger partial charge in [0.1, 0.15) is 23.9 Å². The van der Waals surface area contributed by atoms with E-state index in [1.807, 2.05) is 0 Å². The molecular formula is C24H17F2N5O2. The predicted octanol–water partition coefficient (Wildman–Crippen LogP) is 4.12. The van der Waals surface area contributed by atoms with Gasteiger partial charge >= 0.3 is 0 Å². The molecule has 7 nitrogen and oxygen atoms in total. The summed E-state index contributed by atoms with van der Waals surface area (Å²) in [7, 11) is 1.76. The van der Waals surface area contributed by atoms with E-state index in [0.29, 0.717) is 44.9 Å². The van der Waals surface area contributed by atoms with Gasteiger partial charge < -0.3 is 15.2 Å². The van der Waals surface area contributed by atoms with Gasteiger partial charge in [-0.25, -0.2) is 14.4 Å². The molecule has 0 aliphatic carbocycles. The molecule has 0 bridgehead atoms. The fourth-order valence-corrected chi connectivity index (χ4v) is 4.43. The molecule has 0 unspecified atom stereocenters. The highest BCUT2D eigenvalue weighted by Crippen LogP contribution is 2.52. The third-order valence-electron chi connectivity index (χ3n) is 5.98. The molecule has 0 radical (unpaired) electrons. The standard InChI is InChI=1S/C24H17F2N5O2/c1-31-11-14(10-29-31)16-8-18-21(9-19(16)25)33-20-5-4-13(15-3-2-6-28-22(15)26)7-17(20)24(18)12-32-23(27)30-24/h2-11H,12H2,1H3,(H2,27,30)/t24-/m0/s1. The number of hydrogen-bond donors (Lipinski definition) is 1. The van der Waals surface area contributed by atoms with E-state index in [-0.39, 0.29) is 12.6 Å². The first kappa shape index (κ1) is 19.4. The van der Waals surface area contributed by atoms with E-state index in [4.69, 9.17) is 15.2 Å². The Hall–Kier alpha value is -4.27. The molecule has 2 N–H and O–H groups in total. The van der Waals surface area contributed by atoms with Crippen molar-refractivity contribution in [2.24, 2.45) is 17.8 Å². The zero-order chi connectivity index (χ0) is 22.7. The van der Waals surface area contributed by atoms with Crippen molar-refractivity contribution in [3.05, 3.63) is 83.9 Å². The lowest BCUT2D eigenvalue weighted by Crippen LogP contribution is -2.31. The van der Waals surface area contributed by atoms with Crippen LogP contribution in [0.3, 0.4) is 0 Å². The Morgan fingerprint density at radius 3 is 2.61 bits per heavy atom. The Labute approximate surface area is 187 Å². The van der Waals surface area contributed by atoms with Crippen LogP contribution in [0.4, 0.5) is 8.78 Å². The van der Waals surface area contributed by atoms with Crippen LogP contribution in [0.15, 0.2) is 66.0 Å². The summed E-state index contributed by atoms with van der Waals surface area (Å²) in [6.07, 6.45) is 4.70. The summed E-state index contributed by atoms with van der Waals surface area (Å²) < 4.78 is 42.7. The maximum atomic E-state index is 15.1. The van der Waals surface area contributed by atoms with Gasteiger partial charge in [0, 0.05) is 53.3 Å². The Balaban J connectivity index is 1.58. The van der Waals surface area contributed by atoms with Crippen molar-refractivity contribution >= 4 is 6.02 Å². The number of nitrogens with two attached hydrogens (primary N) is 1. The number of halogens is 2. The van der Waals surface area contributed by atoms with E-state index >= 15 is 4.39 Å². The molecule has 2 aromatic carbocycles. The summed E-state index contributed by atoms with van der Waals surface area (Å²) in [5, 5.41) is 4.14. The van der Waals surface area contributed by atoms with Crippen LogP contribution in [0.5, 0.6) is 11.5 Å². The zero-order valence-electron chi connectivity index (χ0n) is 17.4. The average Bonchev–Trinajstić information content (AvgIpc) is 3.40. The Morgan fingerprint density at radius 2 is 1.88 bits per heavy atom. The molecule has 0 fully saturated rings. The molecule has 4 aromatic rings. The second kappa shape index (κ2) is 6.86. The lowest BCUT2D eigenvalue weighted by Gasteiger charge is -2.34. The monoisotopic (exact) mass is 445 g/mol. The van der Waals surface area contributed by atoms with E-state index in [1.54, 1.807) is 60.5 Å². The lowest BCUT2D eigenvalue weighted by molar-refractivity contribution is 0.264. The molecule has 33 heavy (non-hydrogen) atoms. The van der Waals surface area contributed by atoms with Gasteiger partial charge in [-0.1, -0.05) is 6.07 Å². The zero-order valence-corrected chi connectivity index (χ0v) is 17.4. The quantitative estimate of drug-likeness (QED) is 0.469. The topological polar surface area (TPSA) is 87.5 Å². The smallest absolute Gasteiger partial charge is 0.283 e. The van der Waals surface area contributed by atoms with Crippen molar-refractivity contribution in [2.45, 2.75) is 5.54 Å². The molecule has 2 aromatic heterocycles. The summed E-state index contributed by atoms with van der Waals surface area (Å²) in [4.78, 5) is 8.37. The number of amidine groups is 1.